The van der Waals surface area contributed by atoms with Crippen LogP contribution >= 0.6 is 0 Å². The average molecular weight is 563 g/mol. The van der Waals surface area contributed by atoms with Crippen molar-refractivity contribution in [2.24, 2.45) is 0 Å². The minimum atomic E-state index is -0.315. The van der Waals surface area contributed by atoms with Crippen molar-refractivity contribution in [1.82, 2.24) is 0 Å². The van der Waals surface area contributed by atoms with E-state index in [2.05, 4.69) is 0 Å². The number of benzene rings is 3. The summed E-state index contributed by atoms with van der Waals surface area (Å²) in [7, 11) is 1.37. The molecule has 220 valence electrons. The van der Waals surface area contributed by atoms with E-state index in [-0.39, 0.29) is 31.4 Å². The molecule has 0 aliphatic heterocycles. The van der Waals surface area contributed by atoms with Crippen molar-refractivity contribution in [3.05, 3.63) is 94.7 Å². The van der Waals surface area contributed by atoms with Crippen molar-refractivity contribution in [2.45, 2.75) is 67.6 Å². The van der Waals surface area contributed by atoms with Crippen molar-refractivity contribution in [3.8, 4) is 11.5 Å². The molecule has 7 heteroatoms. The Morgan fingerprint density at radius 3 is 1.90 bits per heavy atom. The van der Waals surface area contributed by atoms with Gasteiger partial charge in [0.2, 0.25) is 0 Å². The molecule has 0 unspecified atom stereocenters. The molecule has 0 saturated heterocycles. The van der Waals surface area contributed by atoms with Gasteiger partial charge in [0.1, 0.15) is 36.1 Å². The average Bonchev–Trinajstić information content (AvgIpc) is 3.42. The number of fused-ring (bicyclic) bond motifs is 1. The highest BCUT2D eigenvalue weighted by Crippen LogP contribution is 2.28. The number of esters is 2. The molecule has 0 aliphatic rings. The third-order valence-corrected chi connectivity index (χ3v) is 5.82. The maximum atomic E-state index is 11.9. The minimum absolute atomic E-state index is 0.148. The fourth-order valence-corrected chi connectivity index (χ4v) is 4.10. The zero-order valence-electron chi connectivity index (χ0n) is 25.2. The topological polar surface area (TPSA) is 84.2 Å². The van der Waals surface area contributed by atoms with Gasteiger partial charge in [0.15, 0.2) is 0 Å². The summed E-state index contributed by atoms with van der Waals surface area (Å²) in [6.45, 7) is 12.7. The number of ether oxygens (including phenoxy) is 4. The molecule has 0 radical (unpaired) electrons. The fraction of sp³-hybridized carbons (Fsp3) is 0.353. The first-order chi connectivity index (χ1) is 20.0. The highest BCUT2D eigenvalue weighted by atomic mass is 16.5. The first kappa shape index (κ1) is 32.9. The van der Waals surface area contributed by atoms with Crippen LogP contribution in [0.2, 0.25) is 0 Å². The number of hydrogen-bond donors (Lipinski definition) is 0. The van der Waals surface area contributed by atoms with E-state index in [1.165, 1.54) is 7.11 Å². The van der Waals surface area contributed by atoms with Crippen molar-refractivity contribution < 1.29 is 33.0 Å². The van der Waals surface area contributed by atoms with E-state index in [1.807, 2.05) is 101 Å². The van der Waals surface area contributed by atoms with Gasteiger partial charge in [-0.05, 0) is 55.3 Å². The zero-order valence-corrected chi connectivity index (χ0v) is 25.2. The van der Waals surface area contributed by atoms with Crippen LogP contribution in [0.25, 0.3) is 11.0 Å². The maximum Gasteiger partial charge on any atom is 0.310 e. The van der Waals surface area contributed by atoms with Crippen LogP contribution in [0.1, 0.15) is 62.6 Å². The Bertz CT molecular complexity index is 1390. The van der Waals surface area contributed by atoms with Gasteiger partial charge in [0, 0.05) is 16.5 Å². The van der Waals surface area contributed by atoms with E-state index in [9.17, 15) is 9.59 Å². The standard InChI is InChI=1S/C30H30O7.2C2H6/c1-4-34-29(32)17-23-10-6-8-12-27(23)36-19-25-15-24-14-21(13-20(2)30(24)37-25)18-35-26-11-7-5-9-22(26)16-28(31)33-3;2*1-2/h5-15H,4,16-19H2,1-3H3;2*1-2H3. The molecule has 0 atom stereocenters. The molecule has 4 rings (SSSR count). The van der Waals surface area contributed by atoms with E-state index >= 15 is 0 Å². The van der Waals surface area contributed by atoms with Crippen molar-refractivity contribution in [1.29, 1.82) is 0 Å². The summed E-state index contributed by atoms with van der Waals surface area (Å²) in [4.78, 5) is 23.6. The van der Waals surface area contributed by atoms with Gasteiger partial charge in [0.25, 0.3) is 0 Å². The molecule has 0 spiro atoms. The van der Waals surface area contributed by atoms with E-state index in [0.29, 0.717) is 30.5 Å². The van der Waals surface area contributed by atoms with Crippen LogP contribution in [-0.4, -0.2) is 25.7 Å². The van der Waals surface area contributed by atoms with Gasteiger partial charge >= 0.3 is 11.9 Å². The lowest BCUT2D eigenvalue weighted by molar-refractivity contribution is -0.142. The maximum absolute atomic E-state index is 11.9. The van der Waals surface area contributed by atoms with Crippen LogP contribution in [0.4, 0.5) is 0 Å². The number of rotatable bonds is 11. The molecule has 0 amide bonds. The molecule has 1 heterocycles. The number of carbonyl (C=O) groups excluding carboxylic acids is 2. The monoisotopic (exact) mass is 562 g/mol. The first-order valence-corrected chi connectivity index (χ1v) is 14.1. The van der Waals surface area contributed by atoms with Crippen molar-refractivity contribution in [2.75, 3.05) is 13.7 Å². The number of methoxy groups -OCH3 is 1. The predicted octanol–water partition coefficient (Wildman–Crippen LogP) is 7.77. The number of furan rings is 1. The zero-order chi connectivity index (χ0) is 30.2. The Balaban J connectivity index is 0.00000141. The van der Waals surface area contributed by atoms with Crippen LogP contribution in [0.5, 0.6) is 11.5 Å². The Hall–Kier alpha value is -4.26. The largest absolute Gasteiger partial charge is 0.489 e. The van der Waals surface area contributed by atoms with Crippen LogP contribution in [-0.2, 0) is 45.1 Å². The van der Waals surface area contributed by atoms with Gasteiger partial charge in [-0.3, -0.25) is 9.59 Å². The molecule has 0 bridgehead atoms. The lowest BCUT2D eigenvalue weighted by Crippen LogP contribution is -2.09. The molecule has 0 N–H and O–H groups in total. The smallest absolute Gasteiger partial charge is 0.310 e. The SMILES string of the molecule is CC.CC.CCOC(=O)Cc1ccccc1OCc1cc2cc(COc3ccccc3CC(=O)OC)cc(C)c2o1. The minimum Gasteiger partial charge on any atom is -0.489 e. The molecule has 0 saturated carbocycles. The Morgan fingerprint density at radius 2 is 1.32 bits per heavy atom. The van der Waals surface area contributed by atoms with Gasteiger partial charge in [-0.15, -0.1) is 0 Å². The fourth-order valence-electron chi connectivity index (χ4n) is 4.10. The molecule has 7 nitrogen and oxygen atoms in total. The van der Waals surface area contributed by atoms with Gasteiger partial charge < -0.3 is 23.4 Å². The molecule has 3 aromatic carbocycles. The number of hydrogen-bond acceptors (Lipinski definition) is 7. The summed E-state index contributed by atoms with van der Waals surface area (Å²) in [5.74, 6) is 1.33. The van der Waals surface area contributed by atoms with Crippen LogP contribution in [0, 0.1) is 6.92 Å². The van der Waals surface area contributed by atoms with E-state index in [4.69, 9.17) is 23.4 Å². The van der Waals surface area contributed by atoms with Gasteiger partial charge in [-0.25, -0.2) is 0 Å². The second kappa shape index (κ2) is 17.4. The van der Waals surface area contributed by atoms with E-state index in [0.717, 1.165) is 33.2 Å². The molecule has 0 fully saturated rings. The Labute approximate surface area is 243 Å². The molecule has 1 aromatic heterocycles. The Morgan fingerprint density at radius 1 is 0.756 bits per heavy atom. The van der Waals surface area contributed by atoms with Crippen LogP contribution in [0.15, 0.2) is 71.1 Å². The number of carbonyl (C=O) groups is 2. The van der Waals surface area contributed by atoms with Crippen LogP contribution < -0.4 is 9.47 Å². The highest BCUT2D eigenvalue weighted by Gasteiger charge is 2.14. The lowest BCUT2D eigenvalue weighted by atomic mass is 10.1. The van der Waals surface area contributed by atoms with Gasteiger partial charge in [-0.2, -0.15) is 0 Å². The normalized spacial score (nSPS) is 10.0. The third-order valence-electron chi connectivity index (χ3n) is 5.82. The van der Waals surface area contributed by atoms with E-state index < -0.39 is 0 Å². The van der Waals surface area contributed by atoms with Gasteiger partial charge in [-0.1, -0.05) is 64.1 Å². The summed E-state index contributed by atoms with van der Waals surface area (Å²) in [5, 5.41) is 0.944. The quantitative estimate of drug-likeness (QED) is 0.173. The number of aryl methyl sites for hydroxylation is 1. The summed E-state index contributed by atoms with van der Waals surface area (Å²) in [6, 6.07) is 20.8. The summed E-state index contributed by atoms with van der Waals surface area (Å²) >= 11 is 0. The molecule has 4 aromatic rings. The highest BCUT2D eigenvalue weighted by molar-refractivity contribution is 5.82. The second-order valence-electron chi connectivity index (χ2n) is 8.57. The summed E-state index contributed by atoms with van der Waals surface area (Å²) < 4.78 is 28.0. The van der Waals surface area contributed by atoms with Gasteiger partial charge in [0.05, 0.1) is 26.6 Å². The molecule has 0 aliphatic carbocycles. The van der Waals surface area contributed by atoms with Crippen molar-refractivity contribution in [3.63, 3.8) is 0 Å². The first-order valence-electron chi connectivity index (χ1n) is 14.1. The molecular formula is C34H42O7. The third kappa shape index (κ3) is 9.71. The van der Waals surface area contributed by atoms with Crippen molar-refractivity contribution >= 4 is 22.9 Å². The van der Waals surface area contributed by atoms with E-state index in [1.54, 1.807) is 6.92 Å². The summed E-state index contributed by atoms with van der Waals surface area (Å²) in [6.07, 6.45) is 0.300. The lowest BCUT2D eigenvalue weighted by Gasteiger charge is -2.11. The molecular weight excluding hydrogens is 520 g/mol. The molecule has 41 heavy (non-hydrogen) atoms. The van der Waals surface area contributed by atoms with Crippen LogP contribution in [0.3, 0.4) is 0 Å². The Kier molecular flexibility index (Phi) is 14.0. The summed E-state index contributed by atoms with van der Waals surface area (Å²) in [5.41, 5.74) is 4.28. The predicted molar refractivity (Wildman–Crippen MR) is 161 cm³/mol. The second-order valence-corrected chi connectivity index (χ2v) is 8.57. The number of para-hydroxylation sites is 2.